The molecule has 2 aromatic rings. The minimum Gasteiger partial charge on any atom is -0.369 e. The molecular weight excluding hydrogens is 473 g/mol. The molecule has 0 amide bonds. The van der Waals surface area contributed by atoms with Gasteiger partial charge in [-0.25, -0.2) is 0 Å². The van der Waals surface area contributed by atoms with E-state index in [-0.39, 0.29) is 24.0 Å². The molecule has 0 aromatic heterocycles. The normalized spacial score (nSPS) is 18.7. The quantitative estimate of drug-likeness (QED) is 0.283. The van der Waals surface area contributed by atoms with Crippen LogP contribution < -0.4 is 20.4 Å². The Balaban J connectivity index is 0.00000240. The highest BCUT2D eigenvalue weighted by Gasteiger charge is 2.23. The first kappa shape index (κ1) is 21.5. The van der Waals surface area contributed by atoms with Crippen molar-refractivity contribution in [2.24, 2.45) is 4.99 Å². The minimum atomic E-state index is 0. The van der Waals surface area contributed by atoms with E-state index < -0.39 is 0 Å². The zero-order chi connectivity index (χ0) is 19.2. The lowest BCUT2D eigenvalue weighted by molar-refractivity contribution is 0.648. The first-order chi connectivity index (χ1) is 13.8. The summed E-state index contributed by atoms with van der Waals surface area (Å²) in [7, 11) is 1.84. The zero-order valence-corrected chi connectivity index (χ0v) is 19.3. The first-order valence-electron chi connectivity index (χ1n) is 10.1. The molecule has 5 nitrogen and oxygen atoms in total. The Morgan fingerprint density at radius 3 is 2.52 bits per heavy atom. The number of guanidine groups is 1. The van der Waals surface area contributed by atoms with Crippen molar-refractivity contribution in [2.75, 3.05) is 43.0 Å². The van der Waals surface area contributed by atoms with Crippen LogP contribution in [0.15, 0.2) is 71.7 Å². The van der Waals surface area contributed by atoms with E-state index in [1.165, 1.54) is 16.9 Å². The van der Waals surface area contributed by atoms with Crippen LogP contribution in [0.1, 0.15) is 12.0 Å². The van der Waals surface area contributed by atoms with Crippen molar-refractivity contribution in [2.45, 2.75) is 19.0 Å². The van der Waals surface area contributed by atoms with Crippen LogP contribution in [-0.2, 0) is 6.54 Å². The first-order valence-corrected chi connectivity index (χ1v) is 10.1. The monoisotopic (exact) mass is 503 g/mol. The molecule has 0 saturated carbocycles. The third-order valence-corrected chi connectivity index (χ3v) is 5.43. The summed E-state index contributed by atoms with van der Waals surface area (Å²) in [5.74, 6) is 0.869. The summed E-state index contributed by atoms with van der Waals surface area (Å²) in [6.07, 6.45) is 5.56. The van der Waals surface area contributed by atoms with Gasteiger partial charge in [-0.2, -0.15) is 0 Å². The van der Waals surface area contributed by atoms with Crippen molar-refractivity contribution in [1.82, 2.24) is 10.6 Å². The van der Waals surface area contributed by atoms with E-state index in [9.17, 15) is 0 Å². The zero-order valence-electron chi connectivity index (χ0n) is 16.9. The predicted molar refractivity (Wildman–Crippen MR) is 134 cm³/mol. The van der Waals surface area contributed by atoms with Gasteiger partial charge >= 0.3 is 0 Å². The fourth-order valence-corrected chi connectivity index (χ4v) is 3.88. The average molecular weight is 503 g/mol. The average Bonchev–Trinajstić information content (AvgIpc) is 3.44. The maximum atomic E-state index is 4.42. The summed E-state index contributed by atoms with van der Waals surface area (Å²) in [5.41, 5.74) is 3.84. The molecule has 2 aliphatic heterocycles. The molecule has 0 spiro atoms. The molecule has 0 radical (unpaired) electrons. The van der Waals surface area contributed by atoms with E-state index in [2.05, 4.69) is 92.2 Å². The van der Waals surface area contributed by atoms with Gasteiger partial charge < -0.3 is 20.4 Å². The molecule has 29 heavy (non-hydrogen) atoms. The van der Waals surface area contributed by atoms with Crippen molar-refractivity contribution in [3.8, 4) is 0 Å². The van der Waals surface area contributed by atoms with Crippen LogP contribution in [0.5, 0.6) is 0 Å². The lowest BCUT2D eigenvalue weighted by Gasteiger charge is -2.21. The van der Waals surface area contributed by atoms with Gasteiger partial charge in [-0.15, -0.1) is 24.0 Å². The summed E-state index contributed by atoms with van der Waals surface area (Å²) in [6, 6.07) is 19.8. The van der Waals surface area contributed by atoms with Gasteiger partial charge in [0.05, 0.1) is 0 Å². The Labute approximate surface area is 190 Å². The fraction of sp³-hybridized carbons (Fsp3) is 0.348. The number of aliphatic imine (C=N–C) groups is 1. The molecule has 2 N–H and O–H groups in total. The van der Waals surface area contributed by atoms with Crippen LogP contribution in [0, 0.1) is 0 Å². The van der Waals surface area contributed by atoms with Crippen LogP contribution in [0.2, 0.25) is 0 Å². The van der Waals surface area contributed by atoms with Crippen molar-refractivity contribution >= 4 is 41.3 Å². The highest BCUT2D eigenvalue weighted by molar-refractivity contribution is 14.0. The second-order valence-electron chi connectivity index (χ2n) is 7.38. The molecule has 1 atom stereocenters. The van der Waals surface area contributed by atoms with E-state index in [0.717, 1.165) is 45.1 Å². The van der Waals surface area contributed by atoms with Crippen LogP contribution in [0.3, 0.4) is 0 Å². The van der Waals surface area contributed by atoms with Gasteiger partial charge in [0.2, 0.25) is 0 Å². The number of nitrogens with one attached hydrogen (secondary N) is 2. The molecule has 6 heteroatoms. The third-order valence-electron chi connectivity index (χ3n) is 5.43. The Kier molecular flexibility index (Phi) is 7.80. The number of rotatable bonds is 5. The number of hydrogen-bond donors (Lipinski definition) is 2. The second-order valence-corrected chi connectivity index (χ2v) is 7.38. The van der Waals surface area contributed by atoms with E-state index in [4.69, 9.17) is 0 Å². The van der Waals surface area contributed by atoms with Crippen molar-refractivity contribution in [1.29, 1.82) is 0 Å². The van der Waals surface area contributed by atoms with Crippen LogP contribution in [-0.4, -0.2) is 45.2 Å². The summed E-state index contributed by atoms with van der Waals surface area (Å²) >= 11 is 0. The van der Waals surface area contributed by atoms with Gasteiger partial charge in [0.15, 0.2) is 5.96 Å². The summed E-state index contributed by atoms with van der Waals surface area (Å²) in [5, 5.41) is 7.05. The number of nitrogens with zero attached hydrogens (tertiary/aromatic N) is 3. The molecule has 2 aromatic carbocycles. The molecule has 4 rings (SSSR count). The number of para-hydroxylation sites is 1. The number of halogens is 1. The highest BCUT2D eigenvalue weighted by Crippen LogP contribution is 2.20. The summed E-state index contributed by atoms with van der Waals surface area (Å²) in [4.78, 5) is 9.22. The van der Waals surface area contributed by atoms with Gasteiger partial charge in [-0.1, -0.05) is 42.5 Å². The molecule has 2 aliphatic rings. The standard InChI is InChI=1S/C23H29N5.HI/c1-24-23(26-20-12-15-28(18-20)21-9-3-2-4-10-21)25-17-19-8-7-11-22(16-19)27-13-5-6-14-27;/h2-11,16,20H,12-15,17-18H2,1H3,(H2,24,25,26);1H. The maximum absolute atomic E-state index is 4.42. The molecule has 0 bridgehead atoms. The lowest BCUT2D eigenvalue weighted by Crippen LogP contribution is -2.44. The lowest BCUT2D eigenvalue weighted by atomic mass is 10.2. The summed E-state index contributed by atoms with van der Waals surface area (Å²) in [6.45, 7) is 4.84. The van der Waals surface area contributed by atoms with E-state index >= 15 is 0 Å². The second kappa shape index (κ2) is 10.5. The Hall–Kier alpha value is -2.22. The predicted octanol–water partition coefficient (Wildman–Crippen LogP) is 3.62. The molecule has 0 aliphatic carbocycles. The van der Waals surface area contributed by atoms with Crippen molar-refractivity contribution in [3.63, 3.8) is 0 Å². The third kappa shape index (κ3) is 5.65. The Morgan fingerprint density at radius 1 is 1.00 bits per heavy atom. The summed E-state index contributed by atoms with van der Waals surface area (Å²) < 4.78 is 0. The largest absolute Gasteiger partial charge is 0.369 e. The van der Waals surface area contributed by atoms with E-state index in [0.29, 0.717) is 6.04 Å². The molecule has 1 saturated heterocycles. The van der Waals surface area contributed by atoms with Crippen LogP contribution >= 0.6 is 24.0 Å². The number of hydrogen-bond acceptors (Lipinski definition) is 3. The van der Waals surface area contributed by atoms with Gasteiger partial charge in [0.25, 0.3) is 0 Å². The van der Waals surface area contributed by atoms with Gasteiger partial charge in [-0.05, 0) is 36.2 Å². The fourth-order valence-electron chi connectivity index (χ4n) is 3.88. The SMILES string of the molecule is CN=C(NCc1cccc(N2CC=CC2)c1)NC1CCN(c2ccccc2)C1.I. The molecule has 154 valence electrons. The molecule has 1 unspecified atom stereocenters. The molecule has 2 heterocycles. The van der Waals surface area contributed by atoms with Crippen molar-refractivity contribution in [3.05, 3.63) is 72.3 Å². The van der Waals surface area contributed by atoms with Gasteiger partial charge in [-0.3, -0.25) is 4.99 Å². The van der Waals surface area contributed by atoms with Gasteiger partial charge in [0, 0.05) is 57.2 Å². The minimum absolute atomic E-state index is 0. The van der Waals surface area contributed by atoms with Crippen molar-refractivity contribution < 1.29 is 0 Å². The van der Waals surface area contributed by atoms with Gasteiger partial charge in [0.1, 0.15) is 0 Å². The Morgan fingerprint density at radius 2 is 1.76 bits per heavy atom. The Bertz CT molecular complexity index is 828. The van der Waals surface area contributed by atoms with E-state index in [1.807, 2.05) is 7.05 Å². The number of benzene rings is 2. The number of anilines is 2. The molecular formula is C23H30IN5. The highest BCUT2D eigenvalue weighted by atomic mass is 127. The van der Waals surface area contributed by atoms with Crippen LogP contribution in [0.4, 0.5) is 11.4 Å². The van der Waals surface area contributed by atoms with E-state index in [1.54, 1.807) is 0 Å². The molecule has 1 fully saturated rings. The smallest absolute Gasteiger partial charge is 0.191 e. The maximum Gasteiger partial charge on any atom is 0.191 e. The van der Waals surface area contributed by atoms with Crippen LogP contribution in [0.25, 0.3) is 0 Å². The topological polar surface area (TPSA) is 42.9 Å².